The summed E-state index contributed by atoms with van der Waals surface area (Å²) >= 11 is 0. The number of hydrogen-bond donors (Lipinski definition) is 2. The topological polar surface area (TPSA) is 55.3 Å². The lowest BCUT2D eigenvalue weighted by Crippen LogP contribution is -2.24. The zero-order valence-electron chi connectivity index (χ0n) is 6.14. The van der Waals surface area contributed by atoms with Crippen LogP contribution in [0, 0.1) is 0 Å². The molecule has 11 heavy (non-hydrogen) atoms. The average molecular weight is 149 g/mol. The minimum atomic E-state index is 0.911. The Bertz CT molecular complexity index is 230. The van der Waals surface area contributed by atoms with E-state index in [2.05, 4.69) is 0 Å². The summed E-state index contributed by atoms with van der Waals surface area (Å²) in [7, 11) is 0. The lowest BCUT2D eigenvalue weighted by molar-refractivity contribution is 1.07. The molecule has 1 rings (SSSR count). The van der Waals surface area contributed by atoms with Crippen LogP contribution in [-0.2, 0) is 0 Å². The standard InChI is InChI=1S/C8H11N3/c9-6-7-11(10)8-4-2-1-3-5-8/h1-7H,9-10H2/b7-6-. The van der Waals surface area contributed by atoms with Gasteiger partial charge in [-0.3, -0.25) is 5.01 Å². The van der Waals surface area contributed by atoms with Crippen molar-refractivity contribution in [1.29, 1.82) is 0 Å². The summed E-state index contributed by atoms with van der Waals surface area (Å²) in [5, 5.41) is 1.46. The minimum Gasteiger partial charge on any atom is -0.403 e. The van der Waals surface area contributed by atoms with Gasteiger partial charge in [-0.2, -0.15) is 0 Å². The largest absolute Gasteiger partial charge is 0.403 e. The van der Waals surface area contributed by atoms with Gasteiger partial charge in [0.25, 0.3) is 0 Å². The fraction of sp³-hybridized carbons (Fsp3) is 0. The Hall–Kier alpha value is -1.48. The van der Waals surface area contributed by atoms with E-state index in [1.807, 2.05) is 30.3 Å². The first-order valence-corrected chi connectivity index (χ1v) is 3.32. The molecule has 0 bridgehead atoms. The summed E-state index contributed by atoms with van der Waals surface area (Å²) in [6.45, 7) is 0. The van der Waals surface area contributed by atoms with Gasteiger partial charge in [0, 0.05) is 12.4 Å². The van der Waals surface area contributed by atoms with Crippen molar-refractivity contribution in [2.75, 3.05) is 5.01 Å². The minimum absolute atomic E-state index is 0.911. The van der Waals surface area contributed by atoms with Crippen LogP contribution in [0.2, 0.25) is 0 Å². The first-order chi connectivity index (χ1) is 5.34. The van der Waals surface area contributed by atoms with Gasteiger partial charge >= 0.3 is 0 Å². The quantitative estimate of drug-likeness (QED) is 0.483. The van der Waals surface area contributed by atoms with Crippen LogP contribution in [0.4, 0.5) is 5.69 Å². The third-order valence-corrected chi connectivity index (χ3v) is 1.30. The molecule has 0 heterocycles. The maximum atomic E-state index is 5.57. The van der Waals surface area contributed by atoms with Gasteiger partial charge < -0.3 is 5.73 Å². The highest BCUT2D eigenvalue weighted by Gasteiger charge is 1.92. The highest BCUT2D eigenvalue weighted by Crippen LogP contribution is 2.08. The Morgan fingerprint density at radius 3 is 2.36 bits per heavy atom. The molecular formula is C8H11N3. The van der Waals surface area contributed by atoms with E-state index in [4.69, 9.17) is 11.6 Å². The maximum Gasteiger partial charge on any atom is 0.0568 e. The number of anilines is 1. The second-order valence-corrected chi connectivity index (χ2v) is 2.08. The predicted molar refractivity (Wildman–Crippen MR) is 46.4 cm³/mol. The van der Waals surface area contributed by atoms with Crippen molar-refractivity contribution < 1.29 is 0 Å². The van der Waals surface area contributed by atoms with Crippen molar-refractivity contribution >= 4 is 5.69 Å². The fourth-order valence-electron chi connectivity index (χ4n) is 0.779. The molecule has 0 aliphatic heterocycles. The Kier molecular flexibility index (Phi) is 2.52. The molecule has 0 amide bonds. The zero-order valence-corrected chi connectivity index (χ0v) is 6.14. The summed E-state index contributed by atoms with van der Waals surface area (Å²) in [6.07, 6.45) is 2.99. The molecule has 58 valence electrons. The molecule has 0 radical (unpaired) electrons. The van der Waals surface area contributed by atoms with Crippen molar-refractivity contribution in [2.24, 2.45) is 11.6 Å². The van der Waals surface area contributed by atoms with E-state index in [0.29, 0.717) is 0 Å². The van der Waals surface area contributed by atoms with E-state index in [1.165, 1.54) is 11.2 Å². The molecule has 0 aromatic heterocycles. The lowest BCUT2D eigenvalue weighted by atomic mass is 10.3. The van der Waals surface area contributed by atoms with Gasteiger partial charge in [-0.15, -0.1) is 0 Å². The van der Waals surface area contributed by atoms with Crippen LogP contribution in [0.3, 0.4) is 0 Å². The van der Waals surface area contributed by atoms with Gasteiger partial charge in [0.05, 0.1) is 5.69 Å². The second kappa shape index (κ2) is 3.63. The molecular weight excluding hydrogens is 138 g/mol. The van der Waals surface area contributed by atoms with Crippen molar-refractivity contribution in [3.8, 4) is 0 Å². The van der Waals surface area contributed by atoms with E-state index >= 15 is 0 Å². The Morgan fingerprint density at radius 1 is 1.18 bits per heavy atom. The first kappa shape index (κ1) is 7.63. The molecule has 1 aromatic carbocycles. The molecule has 3 heteroatoms. The third kappa shape index (κ3) is 1.98. The van der Waals surface area contributed by atoms with Crippen LogP contribution in [0.5, 0.6) is 0 Å². The van der Waals surface area contributed by atoms with E-state index in [1.54, 1.807) is 6.20 Å². The summed E-state index contributed by atoms with van der Waals surface area (Å²) < 4.78 is 0. The molecule has 0 aliphatic carbocycles. The van der Waals surface area contributed by atoms with Crippen LogP contribution < -0.4 is 16.6 Å². The fourth-order valence-corrected chi connectivity index (χ4v) is 0.779. The predicted octanol–water partition coefficient (Wildman–Crippen LogP) is 0.797. The van der Waals surface area contributed by atoms with Crippen molar-refractivity contribution in [1.82, 2.24) is 0 Å². The van der Waals surface area contributed by atoms with Crippen LogP contribution in [0.25, 0.3) is 0 Å². The number of benzene rings is 1. The van der Waals surface area contributed by atoms with E-state index in [9.17, 15) is 0 Å². The highest BCUT2D eigenvalue weighted by atomic mass is 15.4. The molecule has 0 unspecified atom stereocenters. The summed E-state index contributed by atoms with van der Waals surface area (Å²) in [4.78, 5) is 0. The van der Waals surface area contributed by atoms with Gasteiger partial charge in [0.2, 0.25) is 0 Å². The van der Waals surface area contributed by atoms with Gasteiger partial charge in [0.15, 0.2) is 0 Å². The molecule has 1 aromatic rings. The van der Waals surface area contributed by atoms with Crippen molar-refractivity contribution in [3.05, 3.63) is 42.7 Å². The van der Waals surface area contributed by atoms with Gasteiger partial charge in [-0.1, -0.05) is 18.2 Å². The first-order valence-electron chi connectivity index (χ1n) is 3.32. The van der Waals surface area contributed by atoms with Crippen LogP contribution in [-0.4, -0.2) is 0 Å². The van der Waals surface area contributed by atoms with E-state index in [0.717, 1.165) is 5.69 Å². The van der Waals surface area contributed by atoms with Gasteiger partial charge in [0.1, 0.15) is 0 Å². The highest BCUT2D eigenvalue weighted by molar-refractivity contribution is 5.46. The maximum absolute atomic E-state index is 5.57. The SMILES string of the molecule is N/C=C\N(N)c1ccccc1. The lowest BCUT2D eigenvalue weighted by Gasteiger charge is -2.11. The number of rotatable bonds is 2. The smallest absolute Gasteiger partial charge is 0.0568 e. The molecule has 0 aliphatic rings. The number of hydrogen-bond acceptors (Lipinski definition) is 3. The normalized spacial score (nSPS) is 10.3. The number of hydrazine groups is 1. The monoisotopic (exact) mass is 149 g/mol. The summed E-state index contributed by atoms with van der Waals surface area (Å²) in [6, 6.07) is 9.57. The van der Waals surface area contributed by atoms with Crippen LogP contribution in [0.1, 0.15) is 0 Å². The van der Waals surface area contributed by atoms with E-state index in [-0.39, 0.29) is 0 Å². The summed E-state index contributed by atoms with van der Waals surface area (Å²) in [5.74, 6) is 5.57. The second-order valence-electron chi connectivity index (χ2n) is 2.08. The van der Waals surface area contributed by atoms with Crippen LogP contribution in [0.15, 0.2) is 42.7 Å². The van der Waals surface area contributed by atoms with Crippen LogP contribution >= 0.6 is 0 Å². The number of para-hydroxylation sites is 1. The molecule has 3 nitrogen and oxygen atoms in total. The third-order valence-electron chi connectivity index (χ3n) is 1.30. The van der Waals surface area contributed by atoms with E-state index < -0.39 is 0 Å². The molecule has 4 N–H and O–H groups in total. The number of nitrogens with two attached hydrogens (primary N) is 2. The molecule has 0 saturated carbocycles. The van der Waals surface area contributed by atoms with Gasteiger partial charge in [-0.25, -0.2) is 5.84 Å². The molecule has 0 saturated heterocycles. The number of nitrogens with zero attached hydrogens (tertiary/aromatic N) is 1. The van der Waals surface area contributed by atoms with Crippen molar-refractivity contribution in [2.45, 2.75) is 0 Å². The Labute approximate surface area is 65.9 Å². The summed E-state index contributed by atoms with van der Waals surface area (Å²) in [5.41, 5.74) is 6.08. The molecule has 0 spiro atoms. The Morgan fingerprint density at radius 2 is 1.82 bits per heavy atom. The van der Waals surface area contributed by atoms with Crippen molar-refractivity contribution in [3.63, 3.8) is 0 Å². The molecule has 0 fully saturated rings. The molecule has 0 atom stereocenters. The average Bonchev–Trinajstić information content (AvgIpc) is 2.07. The zero-order chi connectivity index (χ0) is 8.10. The Balaban J connectivity index is 2.76. The van der Waals surface area contributed by atoms with Gasteiger partial charge in [-0.05, 0) is 12.1 Å².